The van der Waals surface area contributed by atoms with Gasteiger partial charge in [-0.05, 0) is 53.2 Å². The quantitative estimate of drug-likeness (QED) is 0.261. The van der Waals surface area contributed by atoms with Crippen LogP contribution in [-0.2, 0) is 4.79 Å². The minimum Gasteiger partial charge on any atom is -0.492 e. The molecule has 0 atom stereocenters. The van der Waals surface area contributed by atoms with Gasteiger partial charge in [0.2, 0.25) is 0 Å². The molecule has 0 spiro atoms. The lowest BCUT2D eigenvalue weighted by atomic mass is 10.1. The Bertz CT molecular complexity index is 950. The maximum absolute atomic E-state index is 12.4. The standard InChI is InChI=1S/C18H13Br2N3O4/c1-2-27-17-11(8-13(19)9-16(17)20)7-12(10-21)18(24)22-14-3-5-15(6-4-14)23(25)26/h3-9H,2H2,1H3,(H,22,24)/b12-7+. The summed E-state index contributed by atoms with van der Waals surface area (Å²) in [7, 11) is 0. The number of nitriles is 1. The van der Waals surface area contributed by atoms with Crippen LogP contribution in [-0.4, -0.2) is 17.4 Å². The summed E-state index contributed by atoms with van der Waals surface area (Å²) in [6, 6.07) is 10.7. The van der Waals surface area contributed by atoms with Crippen molar-refractivity contribution < 1.29 is 14.5 Å². The van der Waals surface area contributed by atoms with E-state index in [1.54, 1.807) is 12.1 Å². The number of nitrogens with one attached hydrogen (secondary N) is 1. The summed E-state index contributed by atoms with van der Waals surface area (Å²) in [5, 5.41) is 22.6. The lowest BCUT2D eigenvalue weighted by Crippen LogP contribution is -2.13. The highest BCUT2D eigenvalue weighted by molar-refractivity contribution is 9.11. The number of nitro benzene ring substituents is 1. The SMILES string of the molecule is CCOc1c(Br)cc(Br)cc1/C=C(\C#N)C(=O)Nc1ccc([N+](=O)[O-])cc1. The highest BCUT2D eigenvalue weighted by atomic mass is 79.9. The van der Waals surface area contributed by atoms with Crippen LogP contribution < -0.4 is 10.1 Å². The molecule has 138 valence electrons. The number of anilines is 1. The molecule has 0 aliphatic heterocycles. The number of nitro groups is 1. The fourth-order valence-electron chi connectivity index (χ4n) is 2.15. The Balaban J connectivity index is 2.32. The maximum Gasteiger partial charge on any atom is 0.269 e. The summed E-state index contributed by atoms with van der Waals surface area (Å²) in [6.45, 7) is 2.24. The molecule has 1 amide bonds. The van der Waals surface area contributed by atoms with Crippen LogP contribution in [0.2, 0.25) is 0 Å². The summed E-state index contributed by atoms with van der Waals surface area (Å²) >= 11 is 6.76. The van der Waals surface area contributed by atoms with E-state index in [2.05, 4.69) is 37.2 Å². The molecule has 7 nitrogen and oxygen atoms in total. The fraction of sp³-hybridized carbons (Fsp3) is 0.111. The zero-order valence-electron chi connectivity index (χ0n) is 14.0. The zero-order valence-corrected chi connectivity index (χ0v) is 17.2. The Hall–Kier alpha value is -2.70. The van der Waals surface area contributed by atoms with Gasteiger partial charge in [0.1, 0.15) is 17.4 Å². The maximum atomic E-state index is 12.4. The minimum atomic E-state index is -0.634. The largest absolute Gasteiger partial charge is 0.492 e. The molecule has 0 unspecified atom stereocenters. The van der Waals surface area contributed by atoms with Gasteiger partial charge in [0.25, 0.3) is 11.6 Å². The van der Waals surface area contributed by atoms with Gasteiger partial charge in [-0.2, -0.15) is 5.26 Å². The van der Waals surface area contributed by atoms with E-state index in [0.717, 1.165) is 4.47 Å². The van der Waals surface area contributed by atoms with E-state index >= 15 is 0 Å². The fourth-order valence-corrected chi connectivity index (χ4v) is 3.53. The van der Waals surface area contributed by atoms with Gasteiger partial charge < -0.3 is 10.1 Å². The lowest BCUT2D eigenvalue weighted by Gasteiger charge is -2.11. The zero-order chi connectivity index (χ0) is 20.0. The molecule has 27 heavy (non-hydrogen) atoms. The normalized spacial score (nSPS) is 10.8. The number of amides is 1. The topological polar surface area (TPSA) is 105 Å². The Labute approximate surface area is 172 Å². The highest BCUT2D eigenvalue weighted by Crippen LogP contribution is 2.34. The second-order valence-corrected chi connectivity index (χ2v) is 6.94. The van der Waals surface area contributed by atoms with Crippen LogP contribution in [0.5, 0.6) is 5.75 Å². The molecule has 2 aromatic carbocycles. The van der Waals surface area contributed by atoms with Crippen molar-refractivity contribution in [3.8, 4) is 11.8 Å². The number of halogens is 2. The van der Waals surface area contributed by atoms with E-state index in [1.165, 1.54) is 30.3 Å². The number of ether oxygens (including phenoxy) is 1. The van der Waals surface area contributed by atoms with E-state index in [9.17, 15) is 20.2 Å². The Morgan fingerprint density at radius 3 is 2.56 bits per heavy atom. The number of nitrogens with zero attached hydrogens (tertiary/aromatic N) is 2. The predicted octanol–water partition coefficient (Wildman–Crippen LogP) is 5.06. The molecule has 2 aromatic rings. The number of carbonyl (C=O) groups excluding carboxylic acids is 1. The molecule has 1 N–H and O–H groups in total. The van der Waals surface area contributed by atoms with Gasteiger partial charge in [0.15, 0.2) is 0 Å². The van der Waals surface area contributed by atoms with Crippen LogP contribution in [0.3, 0.4) is 0 Å². The minimum absolute atomic E-state index is 0.0932. The van der Waals surface area contributed by atoms with E-state index in [4.69, 9.17) is 4.74 Å². The second kappa shape index (κ2) is 9.30. The van der Waals surface area contributed by atoms with Gasteiger partial charge in [-0.15, -0.1) is 0 Å². The van der Waals surface area contributed by atoms with Crippen molar-refractivity contribution in [1.29, 1.82) is 5.26 Å². The van der Waals surface area contributed by atoms with E-state index in [1.807, 2.05) is 13.0 Å². The van der Waals surface area contributed by atoms with Gasteiger partial charge in [-0.25, -0.2) is 0 Å². The monoisotopic (exact) mass is 493 g/mol. The van der Waals surface area contributed by atoms with Crippen LogP contribution in [0.25, 0.3) is 6.08 Å². The molecular weight excluding hydrogens is 482 g/mol. The van der Waals surface area contributed by atoms with Crippen LogP contribution in [0.15, 0.2) is 50.9 Å². The molecule has 9 heteroatoms. The summed E-state index contributed by atoms with van der Waals surface area (Å²) in [5.41, 5.74) is 0.657. The molecular formula is C18H13Br2N3O4. The number of benzene rings is 2. The van der Waals surface area contributed by atoms with Crippen LogP contribution in [0.4, 0.5) is 11.4 Å². The third-order valence-corrected chi connectivity index (χ3v) is 4.37. The first kappa shape index (κ1) is 20.6. The molecule has 0 radical (unpaired) electrons. The summed E-state index contributed by atoms with van der Waals surface area (Å²) in [4.78, 5) is 22.5. The summed E-state index contributed by atoms with van der Waals surface area (Å²) in [5.74, 6) is -0.124. The predicted molar refractivity (Wildman–Crippen MR) is 108 cm³/mol. The second-order valence-electron chi connectivity index (χ2n) is 5.17. The van der Waals surface area contributed by atoms with Crippen molar-refractivity contribution >= 4 is 55.2 Å². The molecule has 0 aromatic heterocycles. The number of rotatable bonds is 6. The van der Waals surface area contributed by atoms with Crippen LogP contribution in [0, 0.1) is 21.4 Å². The summed E-state index contributed by atoms with van der Waals surface area (Å²) < 4.78 is 7.01. The smallest absolute Gasteiger partial charge is 0.269 e. The first-order valence-electron chi connectivity index (χ1n) is 7.65. The van der Waals surface area contributed by atoms with E-state index < -0.39 is 10.8 Å². The van der Waals surface area contributed by atoms with Gasteiger partial charge >= 0.3 is 0 Å². The average molecular weight is 495 g/mol. The van der Waals surface area contributed by atoms with E-state index in [-0.39, 0.29) is 11.3 Å². The Morgan fingerprint density at radius 1 is 1.33 bits per heavy atom. The van der Waals surface area contributed by atoms with Crippen molar-refractivity contribution in [2.45, 2.75) is 6.92 Å². The van der Waals surface area contributed by atoms with Gasteiger partial charge in [-0.1, -0.05) is 15.9 Å². The highest BCUT2D eigenvalue weighted by Gasteiger charge is 2.14. The molecule has 0 heterocycles. The van der Waals surface area contributed by atoms with Crippen LogP contribution >= 0.6 is 31.9 Å². The lowest BCUT2D eigenvalue weighted by molar-refractivity contribution is -0.384. The van der Waals surface area contributed by atoms with Gasteiger partial charge in [-0.3, -0.25) is 14.9 Å². The van der Waals surface area contributed by atoms with E-state index in [0.29, 0.717) is 28.1 Å². The van der Waals surface area contributed by atoms with Crippen molar-refractivity contribution in [3.05, 3.63) is 66.6 Å². The first-order valence-corrected chi connectivity index (χ1v) is 9.23. The molecule has 0 aliphatic rings. The average Bonchev–Trinajstić information content (AvgIpc) is 2.62. The molecule has 2 rings (SSSR count). The number of non-ortho nitro benzene ring substituents is 1. The van der Waals surface area contributed by atoms with Crippen molar-refractivity contribution in [1.82, 2.24) is 0 Å². The van der Waals surface area contributed by atoms with Crippen LogP contribution in [0.1, 0.15) is 12.5 Å². The Kier molecular flexibility index (Phi) is 7.10. The third kappa shape index (κ3) is 5.39. The number of hydrogen-bond acceptors (Lipinski definition) is 5. The molecule has 0 aliphatic carbocycles. The molecule has 0 saturated heterocycles. The van der Waals surface area contributed by atoms with Crippen molar-refractivity contribution in [2.24, 2.45) is 0 Å². The summed E-state index contributed by atoms with van der Waals surface area (Å²) in [6.07, 6.45) is 1.42. The molecule has 0 bridgehead atoms. The number of hydrogen-bond donors (Lipinski definition) is 1. The molecule has 0 saturated carbocycles. The third-order valence-electron chi connectivity index (χ3n) is 3.33. The van der Waals surface area contributed by atoms with Crippen molar-refractivity contribution in [2.75, 3.05) is 11.9 Å². The van der Waals surface area contributed by atoms with Gasteiger partial charge in [0.05, 0.1) is 16.0 Å². The van der Waals surface area contributed by atoms with Gasteiger partial charge in [0, 0.05) is 27.9 Å². The molecule has 0 fully saturated rings. The first-order chi connectivity index (χ1) is 12.8. The number of carbonyl (C=O) groups is 1. The Morgan fingerprint density at radius 2 is 2.00 bits per heavy atom. The van der Waals surface area contributed by atoms with Crippen molar-refractivity contribution in [3.63, 3.8) is 0 Å².